The van der Waals surface area contributed by atoms with Crippen LogP contribution in [0.25, 0.3) is 0 Å². The molecule has 0 bridgehead atoms. The van der Waals surface area contributed by atoms with Gasteiger partial charge in [-0.2, -0.15) is 0 Å². The molecule has 0 aliphatic heterocycles. The minimum Gasteiger partial charge on any atom is -0.397 e. The van der Waals surface area contributed by atoms with Gasteiger partial charge in [-0.1, -0.05) is 6.92 Å². The highest BCUT2D eigenvalue weighted by atomic mass is 19.1. The van der Waals surface area contributed by atoms with E-state index in [1.807, 2.05) is 0 Å². The number of nitrogen functional groups attached to an aromatic ring is 1. The van der Waals surface area contributed by atoms with E-state index in [0.29, 0.717) is 11.7 Å². The van der Waals surface area contributed by atoms with Crippen molar-refractivity contribution in [1.82, 2.24) is 0 Å². The average molecular weight is 222 g/mol. The van der Waals surface area contributed by atoms with Crippen molar-refractivity contribution in [3.8, 4) is 0 Å². The number of rotatable bonds is 2. The van der Waals surface area contributed by atoms with Crippen molar-refractivity contribution in [3.05, 3.63) is 24.0 Å². The molecule has 1 aromatic carbocycles. The normalized spacial score (nSPS) is 25.4. The van der Waals surface area contributed by atoms with Gasteiger partial charge in [0.05, 0.1) is 11.4 Å². The Labute approximate surface area is 96.0 Å². The van der Waals surface area contributed by atoms with Crippen LogP contribution in [0.1, 0.15) is 32.6 Å². The smallest absolute Gasteiger partial charge is 0.125 e. The number of benzene rings is 1. The third-order valence-electron chi connectivity index (χ3n) is 3.39. The molecule has 1 aliphatic rings. The number of halogens is 1. The van der Waals surface area contributed by atoms with Gasteiger partial charge in [-0.15, -0.1) is 0 Å². The van der Waals surface area contributed by atoms with E-state index in [9.17, 15) is 4.39 Å². The summed E-state index contributed by atoms with van der Waals surface area (Å²) in [6.07, 6.45) is 4.88. The zero-order valence-electron chi connectivity index (χ0n) is 9.67. The van der Waals surface area contributed by atoms with Crippen LogP contribution >= 0.6 is 0 Å². The predicted octanol–water partition coefficient (Wildman–Crippen LogP) is 3.40. The second-order valence-electron chi connectivity index (χ2n) is 4.83. The van der Waals surface area contributed by atoms with E-state index in [1.54, 1.807) is 6.07 Å². The van der Waals surface area contributed by atoms with Gasteiger partial charge in [0.1, 0.15) is 5.82 Å². The topological polar surface area (TPSA) is 38.0 Å². The average Bonchev–Trinajstić information content (AvgIpc) is 2.25. The molecule has 0 atom stereocenters. The van der Waals surface area contributed by atoms with E-state index in [0.717, 1.165) is 11.6 Å². The van der Waals surface area contributed by atoms with Crippen LogP contribution in [-0.4, -0.2) is 6.04 Å². The molecule has 3 heteroatoms. The summed E-state index contributed by atoms with van der Waals surface area (Å²) in [6, 6.07) is 5.03. The van der Waals surface area contributed by atoms with E-state index >= 15 is 0 Å². The van der Waals surface area contributed by atoms with Crippen LogP contribution in [-0.2, 0) is 0 Å². The summed E-state index contributed by atoms with van der Waals surface area (Å²) < 4.78 is 12.9. The molecule has 1 saturated carbocycles. The van der Waals surface area contributed by atoms with Crippen molar-refractivity contribution >= 4 is 11.4 Å². The Hall–Kier alpha value is -1.25. The van der Waals surface area contributed by atoms with Crippen LogP contribution < -0.4 is 11.1 Å². The molecule has 0 heterocycles. The van der Waals surface area contributed by atoms with Gasteiger partial charge >= 0.3 is 0 Å². The molecule has 1 aromatic rings. The molecule has 2 nitrogen and oxygen atoms in total. The number of nitrogens with one attached hydrogen (secondary N) is 1. The molecule has 1 aliphatic carbocycles. The van der Waals surface area contributed by atoms with Gasteiger partial charge in [0.25, 0.3) is 0 Å². The lowest BCUT2D eigenvalue weighted by Gasteiger charge is -2.28. The molecule has 88 valence electrons. The molecule has 0 amide bonds. The molecule has 3 N–H and O–H groups in total. The second-order valence-corrected chi connectivity index (χ2v) is 4.83. The largest absolute Gasteiger partial charge is 0.397 e. The standard InChI is InChI=1S/C13H19FN2/c1-9-2-5-11(6-3-9)16-13-7-4-10(14)8-12(13)15/h4,7-9,11,16H,2-3,5-6,15H2,1H3. The number of anilines is 2. The van der Waals surface area contributed by atoms with Crippen LogP contribution in [0.3, 0.4) is 0 Å². The van der Waals surface area contributed by atoms with Gasteiger partial charge in [-0.3, -0.25) is 0 Å². The minimum absolute atomic E-state index is 0.277. The van der Waals surface area contributed by atoms with Crippen molar-refractivity contribution in [3.63, 3.8) is 0 Å². The highest BCUT2D eigenvalue weighted by molar-refractivity contribution is 5.66. The van der Waals surface area contributed by atoms with Gasteiger partial charge in [-0.25, -0.2) is 4.39 Å². The van der Waals surface area contributed by atoms with Crippen LogP contribution in [0.15, 0.2) is 18.2 Å². The zero-order chi connectivity index (χ0) is 11.5. The van der Waals surface area contributed by atoms with Crippen molar-refractivity contribution in [1.29, 1.82) is 0 Å². The van der Waals surface area contributed by atoms with Crippen LogP contribution in [0.4, 0.5) is 15.8 Å². The van der Waals surface area contributed by atoms with Crippen molar-refractivity contribution < 1.29 is 4.39 Å². The number of hydrogen-bond donors (Lipinski definition) is 2. The molecular formula is C13H19FN2. The first kappa shape index (κ1) is 11.2. The lowest BCUT2D eigenvalue weighted by atomic mass is 9.87. The lowest BCUT2D eigenvalue weighted by Crippen LogP contribution is -2.25. The summed E-state index contributed by atoms with van der Waals surface area (Å²) in [4.78, 5) is 0. The summed E-state index contributed by atoms with van der Waals surface area (Å²) in [5.74, 6) is 0.559. The number of nitrogens with two attached hydrogens (primary N) is 1. The van der Waals surface area contributed by atoms with Gasteiger partial charge in [-0.05, 0) is 49.8 Å². The third kappa shape index (κ3) is 2.65. The van der Waals surface area contributed by atoms with Gasteiger partial charge in [0, 0.05) is 6.04 Å². The summed E-state index contributed by atoms with van der Waals surface area (Å²) in [7, 11) is 0. The molecule has 0 spiro atoms. The summed E-state index contributed by atoms with van der Waals surface area (Å²) in [5.41, 5.74) is 7.12. The first-order valence-electron chi connectivity index (χ1n) is 5.96. The summed E-state index contributed by atoms with van der Waals surface area (Å²) in [5, 5.41) is 3.41. The Morgan fingerprint density at radius 1 is 1.25 bits per heavy atom. The highest BCUT2D eigenvalue weighted by Gasteiger charge is 2.18. The molecule has 0 aromatic heterocycles. The minimum atomic E-state index is -0.277. The van der Waals surface area contributed by atoms with E-state index in [-0.39, 0.29) is 5.82 Å². The predicted molar refractivity (Wildman–Crippen MR) is 65.9 cm³/mol. The van der Waals surface area contributed by atoms with Crippen LogP contribution in [0, 0.1) is 11.7 Å². The van der Waals surface area contributed by atoms with Gasteiger partial charge < -0.3 is 11.1 Å². The molecular weight excluding hydrogens is 203 g/mol. The maximum absolute atomic E-state index is 12.9. The van der Waals surface area contributed by atoms with Crippen LogP contribution in [0.5, 0.6) is 0 Å². The highest BCUT2D eigenvalue weighted by Crippen LogP contribution is 2.28. The third-order valence-corrected chi connectivity index (χ3v) is 3.39. The summed E-state index contributed by atoms with van der Waals surface area (Å²) in [6.45, 7) is 2.29. The monoisotopic (exact) mass is 222 g/mol. The molecule has 1 fully saturated rings. The van der Waals surface area contributed by atoms with Crippen molar-refractivity contribution in [2.45, 2.75) is 38.6 Å². The fourth-order valence-corrected chi connectivity index (χ4v) is 2.29. The second kappa shape index (κ2) is 4.73. The Balaban J connectivity index is 1.98. The molecule has 0 saturated heterocycles. The van der Waals surface area contributed by atoms with Gasteiger partial charge in [0.2, 0.25) is 0 Å². The molecule has 16 heavy (non-hydrogen) atoms. The van der Waals surface area contributed by atoms with E-state index in [1.165, 1.54) is 37.8 Å². The molecule has 2 rings (SSSR count). The van der Waals surface area contributed by atoms with Crippen LogP contribution in [0.2, 0.25) is 0 Å². The Morgan fingerprint density at radius 2 is 1.94 bits per heavy atom. The maximum atomic E-state index is 12.9. The quantitative estimate of drug-likeness (QED) is 0.753. The van der Waals surface area contributed by atoms with Crippen molar-refractivity contribution in [2.75, 3.05) is 11.1 Å². The maximum Gasteiger partial charge on any atom is 0.125 e. The van der Waals surface area contributed by atoms with Gasteiger partial charge in [0.15, 0.2) is 0 Å². The van der Waals surface area contributed by atoms with Crippen molar-refractivity contribution in [2.24, 2.45) is 5.92 Å². The van der Waals surface area contributed by atoms with E-state index in [4.69, 9.17) is 5.73 Å². The number of hydrogen-bond acceptors (Lipinski definition) is 2. The Bertz CT molecular complexity index is 357. The SMILES string of the molecule is CC1CCC(Nc2ccc(F)cc2N)CC1. The lowest BCUT2D eigenvalue weighted by molar-refractivity contribution is 0.361. The fraction of sp³-hybridized carbons (Fsp3) is 0.538. The Morgan fingerprint density at radius 3 is 2.56 bits per heavy atom. The first-order valence-corrected chi connectivity index (χ1v) is 5.96. The molecule has 0 unspecified atom stereocenters. The zero-order valence-corrected chi connectivity index (χ0v) is 9.67. The summed E-state index contributed by atoms with van der Waals surface area (Å²) >= 11 is 0. The Kier molecular flexibility index (Phi) is 3.32. The van der Waals surface area contributed by atoms with E-state index in [2.05, 4.69) is 12.2 Å². The van der Waals surface area contributed by atoms with E-state index < -0.39 is 0 Å². The first-order chi connectivity index (χ1) is 7.65. The fourth-order valence-electron chi connectivity index (χ4n) is 2.29. The molecule has 0 radical (unpaired) electrons.